The summed E-state index contributed by atoms with van der Waals surface area (Å²) in [5.41, 5.74) is 3.06. The Morgan fingerprint density at radius 2 is 1.80 bits per heavy atom. The van der Waals surface area contributed by atoms with Crippen molar-refractivity contribution in [3.63, 3.8) is 0 Å². The fraction of sp³-hybridized carbons (Fsp3) is 0.412. The number of ether oxygens (including phenoxy) is 1. The summed E-state index contributed by atoms with van der Waals surface area (Å²) in [6.07, 6.45) is 9.33. The maximum atomic E-state index is 11.8. The molecule has 108 valence electrons. The molecule has 3 nitrogen and oxygen atoms in total. The van der Waals surface area contributed by atoms with Crippen LogP contribution in [0.25, 0.3) is 0 Å². The standard InChI is InChI=1S/C17H22O3/c1-12(2)6-5-7-13(3)8-9-14-10-16(19)17(20-4)11-15(14)18/h6,8,10-11H,5,7,9H2,1-4H3/b13-8+. The van der Waals surface area contributed by atoms with E-state index in [1.807, 2.05) is 13.0 Å². The lowest BCUT2D eigenvalue weighted by Gasteiger charge is -2.10. The SMILES string of the molecule is COC1=CC(=O)C(C/C=C(\C)CCC=C(C)C)=CC1=O. The van der Waals surface area contributed by atoms with Crippen LogP contribution in [0.4, 0.5) is 0 Å². The molecule has 0 bridgehead atoms. The molecule has 0 N–H and O–H groups in total. The largest absolute Gasteiger partial charge is 0.493 e. The van der Waals surface area contributed by atoms with Gasteiger partial charge in [0.1, 0.15) is 0 Å². The zero-order chi connectivity index (χ0) is 15.1. The maximum Gasteiger partial charge on any atom is 0.220 e. The fourth-order valence-electron chi connectivity index (χ4n) is 1.88. The molecule has 0 aliphatic heterocycles. The van der Waals surface area contributed by atoms with Crippen molar-refractivity contribution in [2.75, 3.05) is 7.11 Å². The van der Waals surface area contributed by atoms with Crippen molar-refractivity contribution in [1.82, 2.24) is 0 Å². The number of hydrogen-bond acceptors (Lipinski definition) is 3. The summed E-state index contributed by atoms with van der Waals surface area (Å²) in [6, 6.07) is 0. The van der Waals surface area contributed by atoms with Gasteiger partial charge in [0.25, 0.3) is 0 Å². The summed E-state index contributed by atoms with van der Waals surface area (Å²) in [5, 5.41) is 0. The summed E-state index contributed by atoms with van der Waals surface area (Å²) in [7, 11) is 1.39. The van der Waals surface area contributed by atoms with E-state index in [2.05, 4.69) is 19.9 Å². The Labute approximate surface area is 120 Å². The van der Waals surface area contributed by atoms with Gasteiger partial charge in [-0.15, -0.1) is 0 Å². The van der Waals surface area contributed by atoms with Gasteiger partial charge in [-0.25, -0.2) is 0 Å². The second-order valence-electron chi connectivity index (χ2n) is 5.19. The van der Waals surface area contributed by atoms with Crippen LogP contribution in [0.1, 0.15) is 40.0 Å². The van der Waals surface area contributed by atoms with Gasteiger partial charge in [-0.2, -0.15) is 0 Å². The third kappa shape index (κ3) is 5.00. The van der Waals surface area contributed by atoms with Crippen molar-refractivity contribution in [3.05, 3.63) is 46.8 Å². The molecule has 0 saturated heterocycles. The maximum absolute atomic E-state index is 11.8. The van der Waals surface area contributed by atoms with Crippen molar-refractivity contribution >= 4 is 11.6 Å². The van der Waals surface area contributed by atoms with E-state index >= 15 is 0 Å². The molecule has 0 fully saturated rings. The Bertz CT molecular complexity index is 512. The molecule has 0 heterocycles. The van der Waals surface area contributed by atoms with Crippen LogP contribution in [0.2, 0.25) is 0 Å². The highest BCUT2D eigenvalue weighted by Crippen LogP contribution is 2.17. The smallest absolute Gasteiger partial charge is 0.220 e. The number of hydrogen-bond donors (Lipinski definition) is 0. The first kappa shape index (κ1) is 16.2. The van der Waals surface area contributed by atoms with Crippen LogP contribution < -0.4 is 0 Å². The molecule has 0 atom stereocenters. The fourth-order valence-corrected chi connectivity index (χ4v) is 1.88. The van der Waals surface area contributed by atoms with Gasteiger partial charge in [0.2, 0.25) is 5.78 Å². The summed E-state index contributed by atoms with van der Waals surface area (Å²) in [4.78, 5) is 23.4. The molecule has 0 saturated carbocycles. The molecule has 0 aromatic carbocycles. The molecule has 1 aliphatic carbocycles. The van der Waals surface area contributed by atoms with Gasteiger partial charge in [-0.05, 0) is 46.1 Å². The topological polar surface area (TPSA) is 43.4 Å². The van der Waals surface area contributed by atoms with E-state index in [1.165, 1.54) is 30.4 Å². The molecule has 3 heteroatoms. The minimum Gasteiger partial charge on any atom is -0.493 e. The molecule has 20 heavy (non-hydrogen) atoms. The monoisotopic (exact) mass is 274 g/mol. The van der Waals surface area contributed by atoms with E-state index in [9.17, 15) is 9.59 Å². The van der Waals surface area contributed by atoms with Crippen LogP contribution in [0, 0.1) is 0 Å². The summed E-state index contributed by atoms with van der Waals surface area (Å²) in [5.74, 6) is -0.268. The molecule has 0 unspecified atom stereocenters. The van der Waals surface area contributed by atoms with E-state index in [0.717, 1.165) is 12.8 Å². The summed E-state index contributed by atoms with van der Waals surface area (Å²) >= 11 is 0. The normalized spacial score (nSPS) is 15.7. The van der Waals surface area contributed by atoms with Crippen LogP contribution in [0.3, 0.4) is 0 Å². The van der Waals surface area contributed by atoms with Crippen molar-refractivity contribution in [3.8, 4) is 0 Å². The van der Waals surface area contributed by atoms with E-state index < -0.39 is 0 Å². The van der Waals surface area contributed by atoms with Crippen LogP contribution in [-0.4, -0.2) is 18.7 Å². The van der Waals surface area contributed by atoms with Gasteiger partial charge in [-0.3, -0.25) is 9.59 Å². The van der Waals surface area contributed by atoms with Crippen LogP contribution in [0.15, 0.2) is 46.8 Å². The average Bonchev–Trinajstić information content (AvgIpc) is 2.38. The zero-order valence-corrected chi connectivity index (χ0v) is 12.7. The van der Waals surface area contributed by atoms with Crippen LogP contribution in [0.5, 0.6) is 0 Å². The number of methoxy groups -OCH3 is 1. The minimum absolute atomic E-state index is 0.114. The van der Waals surface area contributed by atoms with E-state index in [4.69, 9.17) is 4.74 Å². The lowest BCUT2D eigenvalue weighted by molar-refractivity contribution is -0.117. The molecule has 0 amide bonds. The van der Waals surface area contributed by atoms with Gasteiger partial charge in [-0.1, -0.05) is 23.3 Å². The quantitative estimate of drug-likeness (QED) is 0.548. The Morgan fingerprint density at radius 3 is 2.40 bits per heavy atom. The zero-order valence-electron chi connectivity index (χ0n) is 12.7. The Balaban J connectivity index is 2.59. The molecule has 0 aromatic rings. The Hall–Kier alpha value is -1.90. The second kappa shape index (κ2) is 7.63. The van der Waals surface area contributed by atoms with Crippen molar-refractivity contribution in [2.24, 2.45) is 0 Å². The van der Waals surface area contributed by atoms with Crippen molar-refractivity contribution in [1.29, 1.82) is 0 Å². The van der Waals surface area contributed by atoms with Crippen molar-refractivity contribution in [2.45, 2.75) is 40.0 Å². The van der Waals surface area contributed by atoms with Gasteiger partial charge < -0.3 is 4.74 Å². The van der Waals surface area contributed by atoms with Crippen LogP contribution in [-0.2, 0) is 14.3 Å². The third-order valence-corrected chi connectivity index (χ3v) is 3.11. The van der Waals surface area contributed by atoms with Gasteiger partial charge in [0, 0.05) is 11.6 Å². The summed E-state index contributed by atoms with van der Waals surface area (Å²) in [6.45, 7) is 6.21. The number of ketones is 2. The molecule has 0 spiro atoms. The Morgan fingerprint density at radius 1 is 1.10 bits per heavy atom. The number of rotatable bonds is 6. The van der Waals surface area contributed by atoms with E-state index in [-0.39, 0.29) is 17.3 Å². The van der Waals surface area contributed by atoms with E-state index in [1.54, 1.807) is 0 Å². The Kier molecular flexibility index (Phi) is 6.16. The first-order valence-electron chi connectivity index (χ1n) is 6.78. The lowest BCUT2D eigenvalue weighted by Crippen LogP contribution is -2.13. The number of allylic oxidation sites excluding steroid dienone is 7. The van der Waals surface area contributed by atoms with E-state index in [0.29, 0.717) is 12.0 Å². The van der Waals surface area contributed by atoms with Gasteiger partial charge >= 0.3 is 0 Å². The van der Waals surface area contributed by atoms with Crippen LogP contribution >= 0.6 is 0 Å². The molecule has 1 rings (SSSR count). The van der Waals surface area contributed by atoms with Gasteiger partial charge in [0.05, 0.1) is 7.11 Å². The number of carbonyl (C=O) groups is 2. The molecule has 1 aliphatic rings. The molecule has 0 radical (unpaired) electrons. The first-order valence-corrected chi connectivity index (χ1v) is 6.78. The van der Waals surface area contributed by atoms with Gasteiger partial charge in [0.15, 0.2) is 11.5 Å². The second-order valence-corrected chi connectivity index (χ2v) is 5.19. The highest BCUT2D eigenvalue weighted by atomic mass is 16.5. The lowest BCUT2D eigenvalue weighted by atomic mass is 9.98. The minimum atomic E-state index is -0.238. The highest BCUT2D eigenvalue weighted by Gasteiger charge is 2.19. The first-order chi connectivity index (χ1) is 9.43. The predicted octanol–water partition coefficient (Wildman–Crippen LogP) is 3.68. The average molecular weight is 274 g/mol. The summed E-state index contributed by atoms with van der Waals surface area (Å²) < 4.78 is 4.85. The molecular formula is C17H22O3. The highest BCUT2D eigenvalue weighted by molar-refractivity contribution is 6.19. The molecule has 0 aromatic heterocycles. The van der Waals surface area contributed by atoms with Crippen molar-refractivity contribution < 1.29 is 14.3 Å². The number of carbonyl (C=O) groups excluding carboxylic acids is 2. The predicted molar refractivity (Wildman–Crippen MR) is 80.2 cm³/mol. The molecular weight excluding hydrogens is 252 g/mol. The third-order valence-electron chi connectivity index (χ3n) is 3.11.